The number of hydrogen-bond acceptors (Lipinski definition) is 3. The lowest BCUT2D eigenvalue weighted by Crippen LogP contribution is -1.96. The normalized spacial score (nSPS) is 11.1. The van der Waals surface area contributed by atoms with Gasteiger partial charge in [-0.15, -0.1) is 0 Å². The number of rotatable bonds is 4. The van der Waals surface area contributed by atoms with E-state index in [1.54, 1.807) is 17.8 Å². The summed E-state index contributed by atoms with van der Waals surface area (Å²) in [7, 11) is 0. The van der Waals surface area contributed by atoms with Gasteiger partial charge in [-0.1, -0.05) is 48.5 Å². The number of para-hydroxylation sites is 1. The summed E-state index contributed by atoms with van der Waals surface area (Å²) in [5, 5.41) is 3.63. The van der Waals surface area contributed by atoms with Gasteiger partial charge >= 0.3 is 0 Å². The third-order valence-corrected chi connectivity index (χ3v) is 3.96. The molecule has 1 aromatic carbocycles. The van der Waals surface area contributed by atoms with Gasteiger partial charge in [0.1, 0.15) is 16.0 Å². The van der Waals surface area contributed by atoms with Crippen LogP contribution in [0.1, 0.15) is 19.2 Å². The maximum Gasteiger partial charge on any atom is 0.133 e. The van der Waals surface area contributed by atoms with Crippen molar-refractivity contribution in [3.8, 4) is 0 Å². The summed E-state index contributed by atoms with van der Waals surface area (Å²) < 4.78 is 0. The Labute approximate surface area is 126 Å². The molecule has 0 unspecified atom stereocenters. The largest absolute Gasteiger partial charge is 0.349 e. The van der Waals surface area contributed by atoms with Crippen LogP contribution in [0.3, 0.4) is 0 Å². The summed E-state index contributed by atoms with van der Waals surface area (Å²) in [6.07, 6.45) is 1.86. The van der Waals surface area contributed by atoms with Crippen molar-refractivity contribution in [1.82, 2.24) is 15.0 Å². The number of aromatic nitrogens is 3. The van der Waals surface area contributed by atoms with Crippen molar-refractivity contribution in [2.45, 2.75) is 29.8 Å². The van der Waals surface area contributed by atoms with Gasteiger partial charge in [0.05, 0.1) is 5.03 Å². The molecule has 0 aliphatic carbocycles. The first kappa shape index (κ1) is 13.5. The van der Waals surface area contributed by atoms with Gasteiger partial charge in [0.15, 0.2) is 0 Å². The summed E-state index contributed by atoms with van der Waals surface area (Å²) in [5.41, 5.74) is 1.13. The van der Waals surface area contributed by atoms with E-state index in [1.807, 2.05) is 12.1 Å². The molecule has 0 saturated heterocycles. The molecule has 3 aromatic rings. The quantitative estimate of drug-likeness (QED) is 0.709. The first-order valence-corrected chi connectivity index (χ1v) is 7.73. The van der Waals surface area contributed by atoms with Crippen LogP contribution in [-0.2, 0) is 6.42 Å². The average molecular weight is 304 g/mol. The Hall–Kier alpha value is -1.52. The summed E-state index contributed by atoms with van der Waals surface area (Å²) >= 11 is 7.63. The van der Waals surface area contributed by atoms with Crippen molar-refractivity contribution in [3.05, 3.63) is 47.4 Å². The fourth-order valence-electron chi connectivity index (χ4n) is 2.04. The maximum absolute atomic E-state index is 6.06. The van der Waals surface area contributed by atoms with Gasteiger partial charge in [-0.05, 0) is 18.6 Å². The maximum atomic E-state index is 6.06. The first-order valence-electron chi connectivity index (χ1n) is 6.53. The van der Waals surface area contributed by atoms with Gasteiger partial charge in [-0.3, -0.25) is 0 Å². The molecule has 102 valence electrons. The number of nitrogens with zero attached hydrogens (tertiary/aromatic N) is 2. The molecule has 2 heterocycles. The summed E-state index contributed by atoms with van der Waals surface area (Å²) in [6.45, 7) is 2.11. The Morgan fingerprint density at radius 1 is 1.20 bits per heavy atom. The number of aryl methyl sites for hydroxylation is 1. The fraction of sp³-hybridized carbons (Fsp3) is 0.200. The van der Waals surface area contributed by atoms with Crippen LogP contribution in [0.5, 0.6) is 0 Å². The smallest absolute Gasteiger partial charge is 0.133 e. The molecule has 0 amide bonds. The standard InChI is InChI=1S/C15H14ClN3S/c1-2-5-13-18-12(16)9-15(19-13)20-14-8-10-6-3-4-7-11(10)17-14/h3-4,6-9,17H,2,5H2,1H3. The van der Waals surface area contributed by atoms with Gasteiger partial charge < -0.3 is 4.98 Å². The third-order valence-electron chi connectivity index (χ3n) is 2.91. The highest BCUT2D eigenvalue weighted by Gasteiger charge is 2.07. The fourth-order valence-corrected chi connectivity index (χ4v) is 3.20. The molecule has 1 N–H and O–H groups in total. The zero-order chi connectivity index (χ0) is 13.9. The molecule has 3 rings (SSSR count). The van der Waals surface area contributed by atoms with Crippen LogP contribution in [0.15, 0.2) is 46.5 Å². The van der Waals surface area contributed by atoms with Crippen molar-refractivity contribution < 1.29 is 0 Å². The molecule has 0 fully saturated rings. The first-order chi connectivity index (χ1) is 9.74. The highest BCUT2D eigenvalue weighted by molar-refractivity contribution is 7.99. The average Bonchev–Trinajstić information content (AvgIpc) is 2.80. The lowest BCUT2D eigenvalue weighted by molar-refractivity contribution is 0.809. The van der Waals surface area contributed by atoms with E-state index in [0.29, 0.717) is 5.15 Å². The minimum Gasteiger partial charge on any atom is -0.349 e. The summed E-state index contributed by atoms with van der Waals surface area (Å²) in [4.78, 5) is 12.1. The van der Waals surface area contributed by atoms with E-state index < -0.39 is 0 Å². The van der Waals surface area contributed by atoms with E-state index in [4.69, 9.17) is 11.6 Å². The van der Waals surface area contributed by atoms with Crippen molar-refractivity contribution in [1.29, 1.82) is 0 Å². The summed E-state index contributed by atoms with van der Waals surface area (Å²) in [5.74, 6) is 0.804. The molecule has 20 heavy (non-hydrogen) atoms. The highest BCUT2D eigenvalue weighted by atomic mass is 35.5. The van der Waals surface area contributed by atoms with E-state index in [-0.39, 0.29) is 0 Å². The number of H-pyrrole nitrogens is 1. The lowest BCUT2D eigenvalue weighted by atomic mass is 10.3. The lowest BCUT2D eigenvalue weighted by Gasteiger charge is -2.02. The predicted molar refractivity (Wildman–Crippen MR) is 83.5 cm³/mol. The zero-order valence-corrected chi connectivity index (χ0v) is 12.6. The second-order valence-electron chi connectivity index (χ2n) is 4.52. The molecule has 0 saturated carbocycles. The van der Waals surface area contributed by atoms with Gasteiger partial charge in [0.2, 0.25) is 0 Å². The van der Waals surface area contributed by atoms with Gasteiger partial charge in [0.25, 0.3) is 0 Å². The van der Waals surface area contributed by atoms with Crippen LogP contribution in [0.25, 0.3) is 10.9 Å². The number of aromatic amines is 1. The highest BCUT2D eigenvalue weighted by Crippen LogP contribution is 2.29. The molecule has 0 atom stereocenters. The van der Waals surface area contributed by atoms with E-state index >= 15 is 0 Å². The Balaban J connectivity index is 1.90. The van der Waals surface area contributed by atoms with Crippen LogP contribution in [0.2, 0.25) is 5.15 Å². The van der Waals surface area contributed by atoms with Crippen LogP contribution >= 0.6 is 23.4 Å². The molecule has 0 aliphatic rings. The monoisotopic (exact) mass is 303 g/mol. The van der Waals surface area contributed by atoms with E-state index in [0.717, 1.165) is 34.2 Å². The van der Waals surface area contributed by atoms with Crippen LogP contribution in [0.4, 0.5) is 0 Å². The minimum absolute atomic E-state index is 0.502. The molecule has 0 radical (unpaired) electrons. The molecule has 0 bridgehead atoms. The number of halogens is 1. The summed E-state index contributed by atoms with van der Waals surface area (Å²) in [6, 6.07) is 12.1. The zero-order valence-electron chi connectivity index (χ0n) is 11.1. The van der Waals surface area contributed by atoms with Crippen molar-refractivity contribution in [2.24, 2.45) is 0 Å². The Morgan fingerprint density at radius 2 is 2.05 bits per heavy atom. The van der Waals surface area contributed by atoms with Gasteiger partial charge in [0, 0.05) is 23.4 Å². The number of nitrogens with one attached hydrogen (secondary N) is 1. The SMILES string of the molecule is CCCc1nc(Cl)cc(Sc2cc3ccccc3[nH]2)n1. The second-order valence-corrected chi connectivity index (χ2v) is 5.97. The van der Waals surface area contributed by atoms with Crippen LogP contribution in [-0.4, -0.2) is 15.0 Å². The van der Waals surface area contributed by atoms with Crippen molar-refractivity contribution >= 4 is 34.3 Å². The number of hydrogen-bond donors (Lipinski definition) is 1. The van der Waals surface area contributed by atoms with E-state index in [9.17, 15) is 0 Å². The number of benzene rings is 1. The van der Waals surface area contributed by atoms with Gasteiger partial charge in [-0.2, -0.15) is 0 Å². The molecular weight excluding hydrogens is 290 g/mol. The Kier molecular flexibility index (Phi) is 3.94. The number of fused-ring (bicyclic) bond motifs is 1. The predicted octanol–water partition coefficient (Wildman–Crippen LogP) is 4.72. The molecule has 2 aromatic heterocycles. The molecule has 0 aliphatic heterocycles. The van der Waals surface area contributed by atoms with E-state index in [1.165, 1.54) is 5.39 Å². The minimum atomic E-state index is 0.502. The second kappa shape index (κ2) is 5.85. The van der Waals surface area contributed by atoms with E-state index in [2.05, 4.69) is 40.1 Å². The van der Waals surface area contributed by atoms with Crippen LogP contribution in [0, 0.1) is 0 Å². The third kappa shape index (κ3) is 2.97. The topological polar surface area (TPSA) is 41.6 Å². The molecule has 0 spiro atoms. The Morgan fingerprint density at radius 3 is 2.85 bits per heavy atom. The van der Waals surface area contributed by atoms with Crippen molar-refractivity contribution in [2.75, 3.05) is 0 Å². The van der Waals surface area contributed by atoms with Crippen molar-refractivity contribution in [3.63, 3.8) is 0 Å². The molecule has 5 heteroatoms. The molecular formula is C15H14ClN3S. The van der Waals surface area contributed by atoms with Crippen LogP contribution < -0.4 is 0 Å². The molecule has 3 nitrogen and oxygen atoms in total. The Bertz CT molecular complexity index is 706. The van der Waals surface area contributed by atoms with Gasteiger partial charge in [-0.25, -0.2) is 9.97 Å².